The van der Waals surface area contributed by atoms with Crippen LogP contribution in [0.1, 0.15) is 113 Å². The van der Waals surface area contributed by atoms with Crippen LogP contribution >= 0.6 is 0 Å². The zero-order chi connectivity index (χ0) is 33.5. The lowest BCUT2D eigenvalue weighted by Gasteiger charge is -2.68. The van der Waals surface area contributed by atoms with E-state index in [0.717, 1.165) is 44.1 Å². The largest absolute Gasteiger partial charge is 0.481 e. The molecule has 3 saturated carbocycles. The van der Waals surface area contributed by atoms with Crippen LogP contribution in [0.15, 0.2) is 12.2 Å². The third-order valence-electron chi connectivity index (χ3n) is 14.1. The zero-order valence-electron chi connectivity index (χ0n) is 28.8. The maximum atomic E-state index is 12.0. The molecule has 5 aliphatic rings. The summed E-state index contributed by atoms with van der Waals surface area (Å²) in [4.78, 5) is 12.0. The number of aliphatic carboxylic acids is 1. The number of hydrogen-bond donors (Lipinski definition) is 5. The summed E-state index contributed by atoms with van der Waals surface area (Å²) in [5.41, 5.74) is -1.00. The summed E-state index contributed by atoms with van der Waals surface area (Å²) in [6, 6.07) is 0. The van der Waals surface area contributed by atoms with Crippen LogP contribution in [0.3, 0.4) is 0 Å². The summed E-state index contributed by atoms with van der Waals surface area (Å²) >= 11 is 0. The van der Waals surface area contributed by atoms with Crippen LogP contribution in [0.5, 0.6) is 0 Å². The molecule has 3 aliphatic carbocycles. The van der Waals surface area contributed by atoms with Crippen molar-refractivity contribution in [2.45, 2.75) is 167 Å². The minimum Gasteiger partial charge on any atom is -0.481 e. The van der Waals surface area contributed by atoms with E-state index in [1.807, 2.05) is 0 Å². The fraction of sp³-hybridized carbons (Fsp3) is 0.917. The number of ether oxygens (including phenoxy) is 3. The van der Waals surface area contributed by atoms with Crippen molar-refractivity contribution < 1.29 is 44.5 Å². The quantitative estimate of drug-likeness (QED) is 0.187. The second-order valence-electron chi connectivity index (χ2n) is 17.1. The molecule has 2 heterocycles. The molecule has 9 heteroatoms. The monoisotopic (exact) mass is 636 g/mol. The topological polar surface area (TPSA) is 146 Å². The number of aliphatic hydroxyl groups is 4. The van der Waals surface area contributed by atoms with E-state index >= 15 is 0 Å². The average Bonchev–Trinajstić information content (AvgIpc) is 3.53. The van der Waals surface area contributed by atoms with Gasteiger partial charge in [-0.1, -0.05) is 32.9 Å². The molecule has 0 bridgehead atoms. The lowest BCUT2D eigenvalue weighted by Crippen LogP contribution is -2.65. The Hall–Kier alpha value is -1.07. The molecule has 2 aliphatic heterocycles. The number of rotatable bonds is 8. The summed E-state index contributed by atoms with van der Waals surface area (Å²) in [6.45, 7) is 21.0. The van der Waals surface area contributed by atoms with E-state index in [2.05, 4.69) is 41.2 Å². The number of aliphatic hydroxyl groups excluding tert-OH is 3. The summed E-state index contributed by atoms with van der Waals surface area (Å²) in [5, 5.41) is 52.8. The summed E-state index contributed by atoms with van der Waals surface area (Å²) in [7, 11) is 0. The fourth-order valence-electron chi connectivity index (χ4n) is 11.4. The molecular formula is C36H60O9. The molecule has 0 aromatic rings. The van der Waals surface area contributed by atoms with Gasteiger partial charge in [0.1, 0.15) is 18.3 Å². The van der Waals surface area contributed by atoms with Crippen molar-refractivity contribution in [1.29, 1.82) is 0 Å². The van der Waals surface area contributed by atoms with Crippen LogP contribution in [0, 0.1) is 39.9 Å². The van der Waals surface area contributed by atoms with Gasteiger partial charge in [-0.05, 0) is 126 Å². The van der Waals surface area contributed by atoms with Gasteiger partial charge in [-0.25, -0.2) is 0 Å². The second-order valence-corrected chi connectivity index (χ2v) is 17.1. The highest BCUT2D eigenvalue weighted by Gasteiger charge is 2.71. The number of hydrogen-bond acceptors (Lipinski definition) is 8. The molecule has 0 aromatic carbocycles. The summed E-state index contributed by atoms with van der Waals surface area (Å²) in [5.74, 6) is -0.366. The van der Waals surface area contributed by atoms with Crippen LogP contribution in [0.25, 0.3) is 0 Å². The first kappa shape index (κ1) is 35.2. The Bertz CT molecular complexity index is 1140. The predicted molar refractivity (Wildman–Crippen MR) is 169 cm³/mol. The maximum absolute atomic E-state index is 12.0. The molecule has 258 valence electrons. The molecule has 0 amide bonds. The first-order valence-electron chi connectivity index (χ1n) is 17.3. The first-order chi connectivity index (χ1) is 20.7. The number of carboxylic acid groups (broad SMARTS) is 1. The molecule has 10 unspecified atom stereocenters. The van der Waals surface area contributed by atoms with Gasteiger partial charge < -0.3 is 39.7 Å². The van der Waals surface area contributed by atoms with Crippen molar-refractivity contribution >= 4 is 5.97 Å². The number of fused-ring (bicyclic) bond motifs is 3. The molecule has 5 fully saturated rings. The van der Waals surface area contributed by atoms with Crippen LogP contribution in [0.4, 0.5) is 0 Å². The fourth-order valence-corrected chi connectivity index (χ4v) is 11.4. The smallest absolute Gasteiger partial charge is 0.303 e. The molecule has 2 saturated heterocycles. The van der Waals surface area contributed by atoms with Crippen LogP contribution < -0.4 is 0 Å². The third kappa shape index (κ3) is 5.64. The molecule has 45 heavy (non-hydrogen) atoms. The van der Waals surface area contributed by atoms with E-state index in [1.54, 1.807) is 20.8 Å². The van der Waals surface area contributed by atoms with Gasteiger partial charge in [-0.2, -0.15) is 0 Å². The Morgan fingerprint density at radius 2 is 1.62 bits per heavy atom. The summed E-state index contributed by atoms with van der Waals surface area (Å²) < 4.78 is 19.7. The van der Waals surface area contributed by atoms with Gasteiger partial charge in [-0.3, -0.25) is 4.79 Å². The van der Waals surface area contributed by atoms with Crippen LogP contribution in [-0.4, -0.2) is 85.6 Å². The molecule has 0 aromatic heterocycles. The lowest BCUT2D eigenvalue weighted by atomic mass is 9.37. The van der Waals surface area contributed by atoms with E-state index < -0.39 is 47.9 Å². The lowest BCUT2D eigenvalue weighted by molar-refractivity contribution is -0.328. The molecule has 9 nitrogen and oxygen atoms in total. The molecule has 5 N–H and O–H groups in total. The Labute approximate surface area is 269 Å². The molecular weight excluding hydrogens is 576 g/mol. The highest BCUT2D eigenvalue weighted by atomic mass is 16.7. The van der Waals surface area contributed by atoms with Crippen LogP contribution in [-0.2, 0) is 19.0 Å². The van der Waals surface area contributed by atoms with Gasteiger partial charge in [0.25, 0.3) is 0 Å². The minimum atomic E-state index is -1.42. The van der Waals surface area contributed by atoms with Crippen molar-refractivity contribution in [3.63, 3.8) is 0 Å². The van der Waals surface area contributed by atoms with Gasteiger partial charge in [0.05, 0.1) is 29.5 Å². The third-order valence-corrected chi connectivity index (χ3v) is 14.1. The van der Waals surface area contributed by atoms with Crippen molar-refractivity contribution in [2.24, 2.45) is 39.9 Å². The van der Waals surface area contributed by atoms with Gasteiger partial charge in [0.15, 0.2) is 6.29 Å². The van der Waals surface area contributed by atoms with E-state index in [0.29, 0.717) is 12.8 Å². The van der Waals surface area contributed by atoms with E-state index in [-0.39, 0.29) is 58.5 Å². The van der Waals surface area contributed by atoms with E-state index in [9.17, 15) is 30.3 Å². The van der Waals surface area contributed by atoms with Gasteiger partial charge in [0.2, 0.25) is 0 Å². The Morgan fingerprint density at radius 1 is 0.978 bits per heavy atom. The standard InChI is InChI=1S/C36H60O9/c1-19(2)21-10-15-34(7)24(33(21,6)14-13-26(37)38)18-23(44-31-30(41)29(40)28(39)20(3)43-31)27-22(11-16-35(27,34)8)36(9)17-12-25(45-36)32(4,5)42/h20-25,27-31,39-42H,1,10-18H2,2-9H3,(H,37,38)/t20-,21?,22?,23?,24?,25?,27?,28-,29+,30-,31+,33?,34?,35?,36?/m1/s1. The molecule has 15 atom stereocenters. The van der Waals surface area contributed by atoms with Crippen molar-refractivity contribution in [1.82, 2.24) is 0 Å². The normalized spacial score (nSPS) is 51.9. The van der Waals surface area contributed by atoms with E-state index in [1.165, 1.54) is 0 Å². The Balaban J connectivity index is 1.58. The highest BCUT2D eigenvalue weighted by molar-refractivity contribution is 5.66. The zero-order valence-corrected chi connectivity index (χ0v) is 28.8. The Kier molecular flexibility index (Phi) is 9.25. The number of carboxylic acids is 1. The molecule has 0 radical (unpaired) electrons. The maximum Gasteiger partial charge on any atom is 0.303 e. The van der Waals surface area contributed by atoms with E-state index in [4.69, 9.17) is 14.2 Å². The van der Waals surface area contributed by atoms with Gasteiger partial charge in [-0.15, -0.1) is 0 Å². The molecule has 0 spiro atoms. The highest BCUT2D eigenvalue weighted by Crippen LogP contribution is 2.75. The number of allylic oxidation sites excluding steroid dienone is 1. The second kappa shape index (κ2) is 11.8. The Morgan fingerprint density at radius 3 is 2.20 bits per heavy atom. The number of carbonyl (C=O) groups is 1. The SMILES string of the molecule is C=C(C)C1CCC2(C)C(CC(O[C@@H]3O[C@H](C)[C@@H](O)[C@H](O)[C@H]3O)C3C(C4(C)CCC(C(C)(C)O)O4)CCC32C)C1(C)CCC(=O)O. The van der Waals surface area contributed by atoms with Crippen molar-refractivity contribution in [3.8, 4) is 0 Å². The van der Waals surface area contributed by atoms with Gasteiger partial charge in [0, 0.05) is 6.42 Å². The molecule has 5 rings (SSSR count). The average molecular weight is 637 g/mol. The van der Waals surface area contributed by atoms with Crippen molar-refractivity contribution in [3.05, 3.63) is 12.2 Å². The van der Waals surface area contributed by atoms with Crippen LogP contribution in [0.2, 0.25) is 0 Å². The first-order valence-corrected chi connectivity index (χ1v) is 17.3. The summed E-state index contributed by atoms with van der Waals surface area (Å²) in [6.07, 6.45) is 0.182. The van der Waals surface area contributed by atoms with Gasteiger partial charge >= 0.3 is 5.97 Å². The minimum absolute atomic E-state index is 0.0319. The predicted octanol–water partition coefficient (Wildman–Crippen LogP) is 4.82. The van der Waals surface area contributed by atoms with Crippen molar-refractivity contribution in [2.75, 3.05) is 0 Å².